The second kappa shape index (κ2) is 9.63. The largest absolute Gasteiger partial charge is 0.494 e. The minimum absolute atomic E-state index is 0.200. The molecule has 0 N–H and O–H groups in total. The summed E-state index contributed by atoms with van der Waals surface area (Å²) in [5.74, 6) is 1.08. The molecule has 1 heterocycles. The molecule has 0 atom stereocenters. The van der Waals surface area contributed by atoms with Crippen molar-refractivity contribution in [1.82, 2.24) is 4.90 Å². The van der Waals surface area contributed by atoms with Crippen LogP contribution in [0.3, 0.4) is 0 Å². The standard InChI is InChI=1S/C19H25NO4S/c1-4-12-24-15-9-7-14(8-10-15)16-17(25-5-2)19(22)20(18(16)21)11-6-13-23-3/h7-10H,4-6,11-13H2,1-3H3. The number of imide groups is 1. The van der Waals surface area contributed by atoms with Crippen molar-refractivity contribution < 1.29 is 19.1 Å². The van der Waals surface area contributed by atoms with Gasteiger partial charge in [0, 0.05) is 20.3 Å². The van der Waals surface area contributed by atoms with E-state index < -0.39 is 0 Å². The minimum atomic E-state index is -0.223. The van der Waals surface area contributed by atoms with Gasteiger partial charge in [-0.05, 0) is 36.3 Å². The summed E-state index contributed by atoms with van der Waals surface area (Å²) in [6.45, 7) is 5.58. The lowest BCUT2D eigenvalue weighted by Gasteiger charge is -2.14. The van der Waals surface area contributed by atoms with Crippen molar-refractivity contribution in [2.45, 2.75) is 26.7 Å². The van der Waals surface area contributed by atoms with Crippen LogP contribution in [0, 0.1) is 0 Å². The Labute approximate surface area is 153 Å². The predicted molar refractivity (Wildman–Crippen MR) is 100 cm³/mol. The first-order valence-electron chi connectivity index (χ1n) is 8.59. The van der Waals surface area contributed by atoms with Crippen LogP contribution in [-0.2, 0) is 14.3 Å². The third kappa shape index (κ3) is 4.64. The molecule has 0 spiro atoms. The van der Waals surface area contributed by atoms with Crippen LogP contribution in [0.25, 0.3) is 5.57 Å². The highest BCUT2D eigenvalue weighted by atomic mass is 32.2. The van der Waals surface area contributed by atoms with E-state index in [4.69, 9.17) is 9.47 Å². The first-order chi connectivity index (χ1) is 12.1. The van der Waals surface area contributed by atoms with Crippen molar-refractivity contribution in [2.75, 3.05) is 32.6 Å². The summed E-state index contributed by atoms with van der Waals surface area (Å²) in [5, 5.41) is 0. The predicted octanol–water partition coefficient (Wildman–Crippen LogP) is 3.34. The van der Waals surface area contributed by atoms with Crippen molar-refractivity contribution in [3.8, 4) is 5.75 Å². The molecule has 1 aliphatic heterocycles. The van der Waals surface area contributed by atoms with Gasteiger partial charge in [0.1, 0.15) is 5.75 Å². The van der Waals surface area contributed by atoms with Gasteiger partial charge < -0.3 is 9.47 Å². The summed E-state index contributed by atoms with van der Waals surface area (Å²) in [4.78, 5) is 27.3. The van der Waals surface area contributed by atoms with E-state index in [2.05, 4.69) is 6.92 Å². The van der Waals surface area contributed by atoms with E-state index in [0.717, 1.165) is 23.5 Å². The van der Waals surface area contributed by atoms with Crippen LogP contribution in [0.2, 0.25) is 0 Å². The van der Waals surface area contributed by atoms with Crippen LogP contribution in [0.5, 0.6) is 5.75 Å². The number of amides is 2. The molecule has 6 heteroatoms. The Morgan fingerprint density at radius 3 is 2.36 bits per heavy atom. The van der Waals surface area contributed by atoms with Crippen molar-refractivity contribution in [3.05, 3.63) is 34.7 Å². The minimum Gasteiger partial charge on any atom is -0.494 e. The lowest BCUT2D eigenvalue weighted by atomic mass is 10.1. The van der Waals surface area contributed by atoms with Gasteiger partial charge in [-0.25, -0.2) is 0 Å². The van der Waals surface area contributed by atoms with Crippen LogP contribution in [0.1, 0.15) is 32.3 Å². The van der Waals surface area contributed by atoms with E-state index in [9.17, 15) is 9.59 Å². The molecule has 0 aliphatic carbocycles. The maximum Gasteiger partial charge on any atom is 0.267 e. The quantitative estimate of drug-likeness (QED) is 0.471. The Bertz CT molecular complexity index is 639. The smallest absolute Gasteiger partial charge is 0.267 e. The van der Waals surface area contributed by atoms with Crippen LogP contribution >= 0.6 is 11.8 Å². The Hall–Kier alpha value is -1.79. The van der Waals surface area contributed by atoms with E-state index in [1.165, 1.54) is 16.7 Å². The normalized spacial score (nSPS) is 14.6. The van der Waals surface area contributed by atoms with Crippen molar-refractivity contribution in [2.24, 2.45) is 0 Å². The molecular weight excluding hydrogens is 338 g/mol. The molecule has 1 aliphatic rings. The molecule has 0 bridgehead atoms. The second-order valence-corrected chi connectivity index (χ2v) is 6.89. The molecule has 1 aromatic rings. The number of ether oxygens (including phenoxy) is 2. The zero-order valence-electron chi connectivity index (χ0n) is 15.0. The third-order valence-electron chi connectivity index (χ3n) is 3.76. The number of hydrogen-bond acceptors (Lipinski definition) is 5. The zero-order chi connectivity index (χ0) is 18.2. The molecule has 0 aromatic heterocycles. The van der Waals surface area contributed by atoms with E-state index >= 15 is 0 Å². The van der Waals surface area contributed by atoms with E-state index in [0.29, 0.717) is 36.7 Å². The number of rotatable bonds is 10. The summed E-state index contributed by atoms with van der Waals surface area (Å²) >= 11 is 1.42. The van der Waals surface area contributed by atoms with E-state index in [1.807, 2.05) is 31.2 Å². The van der Waals surface area contributed by atoms with Gasteiger partial charge in [0.25, 0.3) is 11.8 Å². The lowest BCUT2D eigenvalue weighted by Crippen LogP contribution is -2.33. The summed E-state index contributed by atoms with van der Waals surface area (Å²) in [6.07, 6.45) is 1.57. The van der Waals surface area contributed by atoms with Crippen molar-refractivity contribution in [1.29, 1.82) is 0 Å². The highest BCUT2D eigenvalue weighted by molar-refractivity contribution is 8.04. The Morgan fingerprint density at radius 2 is 1.76 bits per heavy atom. The molecule has 0 radical (unpaired) electrons. The number of hydrogen-bond donors (Lipinski definition) is 0. The molecule has 25 heavy (non-hydrogen) atoms. The lowest BCUT2D eigenvalue weighted by molar-refractivity contribution is -0.136. The maximum absolute atomic E-state index is 12.8. The molecule has 2 rings (SSSR count). The molecule has 0 saturated carbocycles. The third-order valence-corrected chi connectivity index (χ3v) is 4.72. The van der Waals surface area contributed by atoms with Gasteiger partial charge in [0.2, 0.25) is 0 Å². The molecule has 1 aromatic carbocycles. The Balaban J connectivity index is 2.25. The number of carbonyl (C=O) groups excluding carboxylic acids is 2. The number of nitrogens with zero attached hydrogens (tertiary/aromatic N) is 1. The molecular formula is C19H25NO4S. The number of methoxy groups -OCH3 is 1. The number of thioether (sulfide) groups is 1. The molecule has 5 nitrogen and oxygen atoms in total. The van der Waals surface area contributed by atoms with Gasteiger partial charge in [0.05, 0.1) is 17.1 Å². The van der Waals surface area contributed by atoms with Gasteiger partial charge in [-0.15, -0.1) is 11.8 Å². The average Bonchev–Trinajstić information content (AvgIpc) is 2.85. The average molecular weight is 363 g/mol. The molecule has 0 unspecified atom stereocenters. The van der Waals surface area contributed by atoms with Crippen LogP contribution in [0.15, 0.2) is 29.2 Å². The van der Waals surface area contributed by atoms with Gasteiger partial charge in [-0.3, -0.25) is 14.5 Å². The van der Waals surface area contributed by atoms with E-state index in [-0.39, 0.29) is 11.8 Å². The van der Waals surface area contributed by atoms with Crippen LogP contribution in [-0.4, -0.2) is 49.3 Å². The van der Waals surface area contributed by atoms with Gasteiger partial charge in [-0.2, -0.15) is 0 Å². The summed E-state index contributed by atoms with van der Waals surface area (Å²) in [5.41, 5.74) is 1.25. The number of carbonyl (C=O) groups is 2. The summed E-state index contributed by atoms with van der Waals surface area (Å²) in [6, 6.07) is 7.38. The summed E-state index contributed by atoms with van der Waals surface area (Å²) < 4.78 is 10.6. The topological polar surface area (TPSA) is 55.8 Å². The Morgan fingerprint density at radius 1 is 1.04 bits per heavy atom. The molecule has 0 saturated heterocycles. The molecule has 2 amide bonds. The highest BCUT2D eigenvalue weighted by Crippen LogP contribution is 2.36. The molecule has 0 fully saturated rings. The fourth-order valence-electron chi connectivity index (χ4n) is 2.59. The van der Waals surface area contributed by atoms with Crippen LogP contribution in [0.4, 0.5) is 0 Å². The summed E-state index contributed by atoms with van der Waals surface area (Å²) in [7, 11) is 1.61. The Kier molecular flexibility index (Phi) is 7.52. The zero-order valence-corrected chi connectivity index (χ0v) is 15.9. The fraction of sp³-hybridized carbons (Fsp3) is 0.474. The molecule has 136 valence electrons. The fourth-order valence-corrected chi connectivity index (χ4v) is 3.47. The van der Waals surface area contributed by atoms with Gasteiger partial charge >= 0.3 is 0 Å². The first-order valence-corrected chi connectivity index (χ1v) is 9.58. The SMILES string of the molecule is CCCOc1ccc(C2=C(SCC)C(=O)N(CCCOC)C2=O)cc1. The maximum atomic E-state index is 12.8. The second-order valence-electron chi connectivity index (χ2n) is 5.62. The van der Waals surface area contributed by atoms with Gasteiger partial charge in [-0.1, -0.05) is 26.0 Å². The first kappa shape index (κ1) is 19.5. The highest BCUT2D eigenvalue weighted by Gasteiger charge is 2.38. The van der Waals surface area contributed by atoms with Crippen molar-refractivity contribution in [3.63, 3.8) is 0 Å². The van der Waals surface area contributed by atoms with Gasteiger partial charge in [0.15, 0.2) is 0 Å². The number of benzene rings is 1. The van der Waals surface area contributed by atoms with Crippen LogP contribution < -0.4 is 4.74 Å². The van der Waals surface area contributed by atoms with E-state index in [1.54, 1.807) is 7.11 Å². The monoisotopic (exact) mass is 363 g/mol. The van der Waals surface area contributed by atoms with Crippen molar-refractivity contribution >= 4 is 29.1 Å².